The van der Waals surface area contributed by atoms with E-state index in [1.165, 1.54) is 19.4 Å². The van der Waals surface area contributed by atoms with Gasteiger partial charge in [0.15, 0.2) is 0 Å². The predicted molar refractivity (Wildman–Crippen MR) is 87.3 cm³/mol. The molecule has 0 bridgehead atoms. The number of nitrogens with one attached hydrogen (secondary N) is 2. The van der Waals surface area contributed by atoms with Gasteiger partial charge in [0.25, 0.3) is 0 Å². The van der Waals surface area contributed by atoms with E-state index in [4.69, 9.17) is 0 Å². The van der Waals surface area contributed by atoms with Crippen LogP contribution in [0.25, 0.3) is 0 Å². The standard InChI is InChI=1S/C17H33N3O/c1-3-4-9-19-17(21)16-6-5-14(2)20(13-16)12-15-7-10-18-11-8-15/h14-16,18H,3-13H2,1-2H3,(H,19,21). The molecule has 0 aromatic heterocycles. The molecule has 2 aliphatic heterocycles. The monoisotopic (exact) mass is 295 g/mol. The third kappa shape index (κ3) is 5.26. The van der Waals surface area contributed by atoms with E-state index in [0.717, 1.165) is 57.8 Å². The fourth-order valence-electron chi connectivity index (χ4n) is 3.58. The molecule has 0 saturated carbocycles. The van der Waals surface area contributed by atoms with Crippen LogP contribution in [0.1, 0.15) is 52.4 Å². The van der Waals surface area contributed by atoms with Crippen molar-refractivity contribution in [3.05, 3.63) is 0 Å². The van der Waals surface area contributed by atoms with E-state index in [-0.39, 0.29) is 11.8 Å². The second-order valence-corrected chi connectivity index (χ2v) is 6.92. The number of piperidine rings is 2. The van der Waals surface area contributed by atoms with E-state index < -0.39 is 0 Å². The first-order chi connectivity index (χ1) is 10.2. The van der Waals surface area contributed by atoms with Crippen LogP contribution in [0.15, 0.2) is 0 Å². The zero-order chi connectivity index (χ0) is 15.1. The minimum atomic E-state index is 0.208. The lowest BCUT2D eigenvalue weighted by molar-refractivity contribution is -0.127. The van der Waals surface area contributed by atoms with Crippen LogP contribution < -0.4 is 10.6 Å². The summed E-state index contributed by atoms with van der Waals surface area (Å²) in [6.45, 7) is 9.80. The molecular weight excluding hydrogens is 262 g/mol. The zero-order valence-electron chi connectivity index (χ0n) is 13.9. The predicted octanol–water partition coefficient (Wildman–Crippen LogP) is 2.00. The van der Waals surface area contributed by atoms with Crippen molar-refractivity contribution in [2.24, 2.45) is 11.8 Å². The van der Waals surface area contributed by atoms with Gasteiger partial charge in [-0.1, -0.05) is 13.3 Å². The first kappa shape index (κ1) is 16.8. The minimum Gasteiger partial charge on any atom is -0.356 e. The van der Waals surface area contributed by atoms with E-state index in [1.54, 1.807) is 0 Å². The first-order valence-electron chi connectivity index (χ1n) is 8.93. The van der Waals surface area contributed by atoms with Crippen molar-refractivity contribution >= 4 is 5.91 Å². The molecule has 2 unspecified atom stereocenters. The fraction of sp³-hybridized carbons (Fsp3) is 0.941. The van der Waals surface area contributed by atoms with E-state index in [1.807, 2.05) is 0 Å². The fourth-order valence-corrected chi connectivity index (χ4v) is 3.58. The van der Waals surface area contributed by atoms with Gasteiger partial charge >= 0.3 is 0 Å². The van der Waals surface area contributed by atoms with Crippen molar-refractivity contribution in [2.45, 2.75) is 58.4 Å². The molecular formula is C17H33N3O. The van der Waals surface area contributed by atoms with E-state index in [9.17, 15) is 4.79 Å². The number of likely N-dealkylation sites (tertiary alicyclic amines) is 1. The molecule has 2 saturated heterocycles. The molecule has 2 N–H and O–H groups in total. The van der Waals surface area contributed by atoms with Crippen molar-refractivity contribution in [1.29, 1.82) is 0 Å². The number of carbonyl (C=O) groups excluding carboxylic acids is 1. The van der Waals surface area contributed by atoms with Crippen LogP contribution in [-0.2, 0) is 4.79 Å². The maximum atomic E-state index is 12.3. The largest absolute Gasteiger partial charge is 0.356 e. The average Bonchev–Trinajstić information content (AvgIpc) is 2.50. The number of nitrogens with zero attached hydrogens (tertiary/aromatic N) is 1. The number of amides is 1. The highest BCUT2D eigenvalue weighted by atomic mass is 16.1. The summed E-state index contributed by atoms with van der Waals surface area (Å²) in [5, 5.41) is 6.55. The smallest absolute Gasteiger partial charge is 0.224 e. The molecule has 2 rings (SSSR count). The molecule has 0 aliphatic carbocycles. The summed E-state index contributed by atoms with van der Waals surface area (Å²) in [5.41, 5.74) is 0. The Labute approximate surface area is 130 Å². The molecule has 2 heterocycles. The molecule has 122 valence electrons. The molecule has 0 aromatic rings. The quantitative estimate of drug-likeness (QED) is 0.737. The summed E-state index contributed by atoms with van der Waals surface area (Å²) >= 11 is 0. The van der Waals surface area contributed by atoms with Gasteiger partial charge in [-0.2, -0.15) is 0 Å². The van der Waals surface area contributed by atoms with Crippen LogP contribution >= 0.6 is 0 Å². The molecule has 0 aromatic carbocycles. The zero-order valence-corrected chi connectivity index (χ0v) is 13.9. The summed E-state index contributed by atoms with van der Waals surface area (Å²) in [4.78, 5) is 14.8. The second kappa shape index (κ2) is 8.74. The van der Waals surface area contributed by atoms with Gasteiger partial charge in [-0.3, -0.25) is 9.69 Å². The normalized spacial score (nSPS) is 28.5. The van der Waals surface area contributed by atoms with Crippen LogP contribution in [0.2, 0.25) is 0 Å². The SMILES string of the molecule is CCCCNC(=O)C1CCC(C)N(CC2CCNCC2)C1. The molecule has 1 amide bonds. The highest BCUT2D eigenvalue weighted by molar-refractivity contribution is 5.78. The Balaban J connectivity index is 1.79. The first-order valence-corrected chi connectivity index (χ1v) is 8.93. The summed E-state index contributed by atoms with van der Waals surface area (Å²) in [6, 6.07) is 0.638. The van der Waals surface area contributed by atoms with E-state index in [0.29, 0.717) is 6.04 Å². The lowest BCUT2D eigenvalue weighted by Gasteiger charge is -2.40. The molecule has 2 fully saturated rings. The molecule has 0 spiro atoms. The van der Waals surface area contributed by atoms with Crippen molar-refractivity contribution in [3.63, 3.8) is 0 Å². The van der Waals surface area contributed by atoms with Gasteiger partial charge in [0, 0.05) is 25.7 Å². The summed E-state index contributed by atoms with van der Waals surface area (Å²) in [7, 11) is 0. The third-order valence-electron chi connectivity index (χ3n) is 5.16. The highest BCUT2D eigenvalue weighted by Crippen LogP contribution is 2.25. The topological polar surface area (TPSA) is 44.4 Å². The molecule has 0 radical (unpaired) electrons. The Morgan fingerprint density at radius 2 is 2.00 bits per heavy atom. The van der Waals surface area contributed by atoms with Gasteiger partial charge in [-0.15, -0.1) is 0 Å². The number of hydrogen-bond acceptors (Lipinski definition) is 3. The Morgan fingerprint density at radius 1 is 1.24 bits per heavy atom. The van der Waals surface area contributed by atoms with Gasteiger partial charge < -0.3 is 10.6 Å². The van der Waals surface area contributed by atoms with E-state index in [2.05, 4.69) is 29.4 Å². The summed E-state index contributed by atoms with van der Waals surface area (Å²) in [6.07, 6.45) is 7.03. The molecule has 2 aliphatic rings. The van der Waals surface area contributed by atoms with Gasteiger partial charge in [0.05, 0.1) is 5.92 Å². The lowest BCUT2D eigenvalue weighted by Crippen LogP contribution is -2.49. The average molecular weight is 295 g/mol. The Kier molecular flexibility index (Phi) is 6.97. The molecule has 2 atom stereocenters. The van der Waals surface area contributed by atoms with Crippen LogP contribution in [0, 0.1) is 11.8 Å². The maximum Gasteiger partial charge on any atom is 0.224 e. The lowest BCUT2D eigenvalue weighted by atomic mass is 9.90. The van der Waals surface area contributed by atoms with Gasteiger partial charge in [-0.25, -0.2) is 0 Å². The molecule has 4 nitrogen and oxygen atoms in total. The van der Waals surface area contributed by atoms with Crippen LogP contribution in [0.5, 0.6) is 0 Å². The van der Waals surface area contributed by atoms with E-state index >= 15 is 0 Å². The van der Waals surface area contributed by atoms with Crippen molar-refractivity contribution in [3.8, 4) is 0 Å². The number of carbonyl (C=O) groups is 1. The highest BCUT2D eigenvalue weighted by Gasteiger charge is 2.31. The minimum absolute atomic E-state index is 0.208. The Bertz CT molecular complexity index is 315. The molecule has 21 heavy (non-hydrogen) atoms. The van der Waals surface area contributed by atoms with Gasteiger partial charge in [0.2, 0.25) is 5.91 Å². The van der Waals surface area contributed by atoms with Gasteiger partial charge in [0.1, 0.15) is 0 Å². The summed E-state index contributed by atoms with van der Waals surface area (Å²) in [5.74, 6) is 1.31. The van der Waals surface area contributed by atoms with Crippen molar-refractivity contribution < 1.29 is 4.79 Å². The number of rotatable bonds is 6. The molecule has 4 heteroatoms. The van der Waals surface area contributed by atoms with Crippen molar-refractivity contribution in [1.82, 2.24) is 15.5 Å². The van der Waals surface area contributed by atoms with Crippen molar-refractivity contribution in [2.75, 3.05) is 32.7 Å². The third-order valence-corrected chi connectivity index (χ3v) is 5.16. The van der Waals surface area contributed by atoms with Gasteiger partial charge in [-0.05, 0) is 58.0 Å². The van der Waals surface area contributed by atoms with Crippen LogP contribution in [0.3, 0.4) is 0 Å². The Morgan fingerprint density at radius 3 is 2.71 bits per heavy atom. The number of unbranched alkanes of at least 4 members (excludes halogenated alkanes) is 1. The second-order valence-electron chi connectivity index (χ2n) is 6.92. The number of hydrogen-bond donors (Lipinski definition) is 2. The van der Waals surface area contributed by atoms with Crippen LogP contribution in [-0.4, -0.2) is 49.6 Å². The van der Waals surface area contributed by atoms with Crippen LogP contribution in [0.4, 0.5) is 0 Å². The summed E-state index contributed by atoms with van der Waals surface area (Å²) < 4.78 is 0. The Hall–Kier alpha value is -0.610. The maximum absolute atomic E-state index is 12.3.